The van der Waals surface area contributed by atoms with Gasteiger partial charge in [0.2, 0.25) is 0 Å². The quantitative estimate of drug-likeness (QED) is 0.621. The molecule has 8 nitrogen and oxygen atoms in total. The average molecular weight is 262 g/mol. The van der Waals surface area contributed by atoms with E-state index in [2.05, 4.69) is 26.1 Å². The van der Waals surface area contributed by atoms with Crippen LogP contribution in [0.3, 0.4) is 0 Å². The first kappa shape index (κ1) is 13.0. The van der Waals surface area contributed by atoms with Gasteiger partial charge in [0.1, 0.15) is 12.3 Å². The monoisotopic (exact) mass is 262 g/mol. The Bertz CT molecular complexity index is 477. The van der Waals surface area contributed by atoms with E-state index in [4.69, 9.17) is 0 Å². The number of nitrogens with zero attached hydrogens (tertiary/aromatic N) is 3. The molecule has 0 fully saturated rings. The van der Waals surface area contributed by atoms with Gasteiger partial charge >= 0.3 is 6.03 Å². The van der Waals surface area contributed by atoms with Crippen LogP contribution in [0, 0.1) is 0 Å². The van der Waals surface area contributed by atoms with Crippen molar-refractivity contribution in [2.75, 3.05) is 12.2 Å². The first-order valence-electron chi connectivity index (χ1n) is 5.68. The fraction of sp³-hybridized carbons (Fsp3) is 0.273. The largest absolute Gasteiger partial charge is 0.341 e. The van der Waals surface area contributed by atoms with Crippen LogP contribution in [0.25, 0.3) is 0 Å². The molecule has 1 aromatic heterocycles. The van der Waals surface area contributed by atoms with Gasteiger partial charge in [-0.25, -0.2) is 10.2 Å². The molecule has 2 amide bonds. The number of hydrazone groups is 1. The first-order chi connectivity index (χ1) is 9.24. The predicted octanol–water partition coefficient (Wildman–Crippen LogP) is -0.743. The number of urea groups is 1. The van der Waals surface area contributed by atoms with Crippen LogP contribution in [-0.4, -0.2) is 42.6 Å². The number of aldehydes is 1. The van der Waals surface area contributed by atoms with Gasteiger partial charge in [-0.05, 0) is 12.1 Å². The normalized spacial score (nSPS) is 19.0. The van der Waals surface area contributed by atoms with E-state index in [0.29, 0.717) is 6.29 Å². The lowest BCUT2D eigenvalue weighted by Gasteiger charge is -2.21. The van der Waals surface area contributed by atoms with Crippen LogP contribution >= 0.6 is 0 Å². The SMILES string of the molecule is CNC(=O)NC(C=O)C1C=NN(c2cccnc2)N1. The van der Waals surface area contributed by atoms with E-state index < -0.39 is 18.1 Å². The Labute approximate surface area is 109 Å². The van der Waals surface area contributed by atoms with Gasteiger partial charge in [0.05, 0.1) is 17.9 Å². The molecule has 100 valence electrons. The first-order valence-corrected chi connectivity index (χ1v) is 5.68. The second-order valence-electron chi connectivity index (χ2n) is 3.83. The van der Waals surface area contributed by atoms with Crippen molar-refractivity contribution in [2.24, 2.45) is 5.10 Å². The highest BCUT2D eigenvalue weighted by atomic mass is 16.2. The van der Waals surface area contributed by atoms with Gasteiger partial charge < -0.3 is 15.4 Å². The van der Waals surface area contributed by atoms with Gasteiger partial charge in [0.15, 0.2) is 0 Å². The number of nitrogens with one attached hydrogen (secondary N) is 3. The molecule has 0 aromatic carbocycles. The summed E-state index contributed by atoms with van der Waals surface area (Å²) in [6.07, 6.45) is 5.50. The van der Waals surface area contributed by atoms with Crippen molar-refractivity contribution in [1.82, 2.24) is 21.0 Å². The molecule has 0 saturated carbocycles. The third-order valence-electron chi connectivity index (χ3n) is 2.56. The number of hydrogen-bond acceptors (Lipinski definition) is 6. The standard InChI is InChI=1S/C11H14N6O2/c1-12-11(19)15-10(7-18)9-6-14-17(16-9)8-3-2-4-13-5-8/h2-7,9-10,16H,1H3,(H2,12,15,19). The van der Waals surface area contributed by atoms with Gasteiger partial charge in [-0.3, -0.25) is 4.98 Å². The second kappa shape index (κ2) is 5.91. The predicted molar refractivity (Wildman–Crippen MR) is 69.6 cm³/mol. The Kier molecular flexibility index (Phi) is 4.04. The summed E-state index contributed by atoms with van der Waals surface area (Å²) >= 11 is 0. The van der Waals surface area contributed by atoms with Crippen LogP contribution in [0.4, 0.5) is 10.5 Å². The fourth-order valence-electron chi connectivity index (χ4n) is 1.57. The summed E-state index contributed by atoms with van der Waals surface area (Å²) in [6, 6.07) is 2.06. The maximum atomic E-state index is 11.2. The number of aromatic nitrogens is 1. The molecule has 0 radical (unpaired) electrons. The van der Waals surface area contributed by atoms with Crippen LogP contribution in [0.15, 0.2) is 29.6 Å². The third kappa shape index (κ3) is 3.05. The molecule has 1 aliphatic heterocycles. The van der Waals surface area contributed by atoms with Crippen LogP contribution in [0.5, 0.6) is 0 Å². The summed E-state index contributed by atoms with van der Waals surface area (Å²) in [6.45, 7) is 0. The molecular formula is C11H14N6O2. The van der Waals surface area contributed by atoms with Gasteiger partial charge in [-0.1, -0.05) is 0 Å². The molecule has 2 atom stereocenters. The summed E-state index contributed by atoms with van der Waals surface area (Å²) in [4.78, 5) is 26.2. The van der Waals surface area contributed by atoms with Gasteiger partial charge in [-0.2, -0.15) is 10.2 Å². The summed E-state index contributed by atoms with van der Waals surface area (Å²) in [5.41, 5.74) is 3.73. The zero-order chi connectivity index (χ0) is 13.7. The summed E-state index contributed by atoms with van der Waals surface area (Å²) in [5, 5.41) is 10.5. The van der Waals surface area contributed by atoms with E-state index in [1.807, 2.05) is 6.07 Å². The van der Waals surface area contributed by atoms with Gasteiger partial charge in [0, 0.05) is 19.5 Å². The molecule has 3 N–H and O–H groups in total. The minimum atomic E-state index is -0.703. The summed E-state index contributed by atoms with van der Waals surface area (Å²) in [5.74, 6) is 0. The van der Waals surface area contributed by atoms with E-state index >= 15 is 0 Å². The van der Waals surface area contributed by atoms with Gasteiger partial charge in [0.25, 0.3) is 0 Å². The van der Waals surface area contributed by atoms with E-state index in [1.165, 1.54) is 12.2 Å². The Hall–Kier alpha value is -2.48. The van der Waals surface area contributed by atoms with Crippen LogP contribution in [0.1, 0.15) is 0 Å². The van der Waals surface area contributed by atoms with Crippen molar-refractivity contribution in [3.05, 3.63) is 24.5 Å². The number of carbonyl (C=O) groups is 2. The molecule has 2 heterocycles. The lowest BCUT2D eigenvalue weighted by atomic mass is 10.1. The van der Waals surface area contributed by atoms with Crippen molar-refractivity contribution >= 4 is 24.2 Å². The average Bonchev–Trinajstić information content (AvgIpc) is 2.95. The number of carbonyl (C=O) groups excluding carboxylic acids is 2. The molecule has 19 heavy (non-hydrogen) atoms. The molecule has 0 saturated heterocycles. The number of hydrazine groups is 1. The molecule has 0 spiro atoms. The van der Waals surface area contributed by atoms with E-state index in [-0.39, 0.29) is 0 Å². The Balaban J connectivity index is 2.00. The molecule has 8 heteroatoms. The highest BCUT2D eigenvalue weighted by Gasteiger charge is 2.27. The van der Waals surface area contributed by atoms with Crippen molar-refractivity contribution in [3.63, 3.8) is 0 Å². The van der Waals surface area contributed by atoms with Crippen molar-refractivity contribution in [1.29, 1.82) is 0 Å². The Morgan fingerprint density at radius 3 is 3.11 bits per heavy atom. The fourth-order valence-corrected chi connectivity index (χ4v) is 1.57. The number of amides is 2. The number of rotatable bonds is 4. The third-order valence-corrected chi connectivity index (χ3v) is 2.56. The Morgan fingerprint density at radius 2 is 2.47 bits per heavy atom. The van der Waals surface area contributed by atoms with Crippen LogP contribution < -0.4 is 21.2 Å². The molecule has 2 rings (SSSR count). The topological polar surface area (TPSA) is 98.7 Å². The number of pyridine rings is 1. The van der Waals surface area contributed by atoms with E-state index in [9.17, 15) is 9.59 Å². The highest BCUT2D eigenvalue weighted by molar-refractivity contribution is 5.83. The van der Waals surface area contributed by atoms with Crippen LogP contribution in [0.2, 0.25) is 0 Å². The smallest absolute Gasteiger partial charge is 0.315 e. The molecular weight excluding hydrogens is 248 g/mol. The molecule has 0 bridgehead atoms. The maximum absolute atomic E-state index is 11.2. The minimum Gasteiger partial charge on any atom is -0.341 e. The molecule has 2 unspecified atom stereocenters. The summed E-state index contributed by atoms with van der Waals surface area (Å²) in [7, 11) is 1.48. The van der Waals surface area contributed by atoms with Crippen molar-refractivity contribution in [3.8, 4) is 0 Å². The van der Waals surface area contributed by atoms with Crippen LogP contribution in [-0.2, 0) is 4.79 Å². The number of hydrogen-bond donors (Lipinski definition) is 3. The van der Waals surface area contributed by atoms with Crippen molar-refractivity contribution < 1.29 is 9.59 Å². The summed E-state index contributed by atoms with van der Waals surface area (Å²) < 4.78 is 0. The lowest BCUT2D eigenvalue weighted by Crippen LogP contribution is -2.54. The Morgan fingerprint density at radius 1 is 1.63 bits per heavy atom. The second-order valence-corrected chi connectivity index (χ2v) is 3.83. The zero-order valence-electron chi connectivity index (χ0n) is 10.3. The number of anilines is 1. The molecule has 1 aromatic rings. The molecule has 0 aliphatic carbocycles. The van der Waals surface area contributed by atoms with E-state index in [0.717, 1.165) is 5.69 Å². The lowest BCUT2D eigenvalue weighted by molar-refractivity contribution is -0.109. The minimum absolute atomic E-state index is 0.407. The maximum Gasteiger partial charge on any atom is 0.315 e. The molecule has 1 aliphatic rings. The van der Waals surface area contributed by atoms with Crippen molar-refractivity contribution in [2.45, 2.75) is 12.1 Å². The van der Waals surface area contributed by atoms with E-state index in [1.54, 1.807) is 24.7 Å². The zero-order valence-corrected chi connectivity index (χ0v) is 10.3. The van der Waals surface area contributed by atoms with Gasteiger partial charge in [-0.15, -0.1) is 0 Å². The highest BCUT2D eigenvalue weighted by Crippen LogP contribution is 2.13.